The van der Waals surface area contributed by atoms with E-state index in [0.29, 0.717) is 12.8 Å². The number of alkyl halides is 1. The van der Waals surface area contributed by atoms with Gasteiger partial charge in [-0.25, -0.2) is 4.39 Å². The summed E-state index contributed by atoms with van der Waals surface area (Å²) in [6, 6.07) is 0.00762. The third-order valence-corrected chi connectivity index (χ3v) is 2.74. The van der Waals surface area contributed by atoms with Gasteiger partial charge in [0.05, 0.1) is 0 Å². The van der Waals surface area contributed by atoms with E-state index < -0.39 is 11.6 Å². The van der Waals surface area contributed by atoms with Gasteiger partial charge in [-0.05, 0) is 25.2 Å². The van der Waals surface area contributed by atoms with Gasteiger partial charge in [-0.2, -0.15) is 0 Å². The molecule has 0 heterocycles. The molecule has 0 aromatic rings. The van der Waals surface area contributed by atoms with Crippen molar-refractivity contribution in [2.45, 2.75) is 52.2 Å². The molecule has 1 fully saturated rings. The van der Waals surface area contributed by atoms with E-state index >= 15 is 0 Å². The summed E-state index contributed by atoms with van der Waals surface area (Å²) in [6.45, 7) is 7.98. The molecule has 0 aromatic carbocycles. The second kappa shape index (κ2) is 2.96. The summed E-state index contributed by atoms with van der Waals surface area (Å²) in [5.41, 5.74) is -1.56. The van der Waals surface area contributed by atoms with Gasteiger partial charge in [-0.3, -0.25) is 4.79 Å². The van der Waals surface area contributed by atoms with Crippen LogP contribution in [0.1, 0.15) is 40.5 Å². The van der Waals surface area contributed by atoms with Crippen molar-refractivity contribution in [3.63, 3.8) is 0 Å². The Hall–Kier alpha value is -0.600. The first-order valence-electron chi connectivity index (χ1n) is 4.75. The lowest BCUT2D eigenvalue weighted by molar-refractivity contribution is -0.128. The molecule has 1 atom stereocenters. The van der Waals surface area contributed by atoms with Gasteiger partial charge in [0.25, 0.3) is 5.91 Å². The van der Waals surface area contributed by atoms with Crippen LogP contribution in [0.5, 0.6) is 0 Å². The monoisotopic (exact) mass is 187 g/mol. The number of rotatable bonds is 2. The van der Waals surface area contributed by atoms with Crippen molar-refractivity contribution in [2.75, 3.05) is 0 Å². The van der Waals surface area contributed by atoms with Crippen molar-refractivity contribution in [3.05, 3.63) is 0 Å². The Labute approximate surface area is 78.9 Å². The van der Waals surface area contributed by atoms with E-state index in [-0.39, 0.29) is 11.5 Å². The topological polar surface area (TPSA) is 29.1 Å². The molecular weight excluding hydrogens is 169 g/mol. The van der Waals surface area contributed by atoms with E-state index in [1.54, 1.807) is 0 Å². The van der Waals surface area contributed by atoms with Gasteiger partial charge in [0, 0.05) is 6.04 Å². The summed E-state index contributed by atoms with van der Waals surface area (Å²) in [6.07, 6.45) is 0.769. The molecule has 1 N–H and O–H groups in total. The van der Waals surface area contributed by atoms with Gasteiger partial charge in [0.2, 0.25) is 0 Å². The van der Waals surface area contributed by atoms with Crippen molar-refractivity contribution in [1.29, 1.82) is 0 Å². The minimum atomic E-state index is -1.54. The highest BCUT2D eigenvalue weighted by atomic mass is 19.1. The molecule has 0 bridgehead atoms. The zero-order valence-corrected chi connectivity index (χ0v) is 8.78. The normalized spacial score (nSPS) is 22.2. The summed E-state index contributed by atoms with van der Waals surface area (Å²) in [4.78, 5) is 11.3. The Morgan fingerprint density at radius 1 is 1.46 bits per heavy atom. The first kappa shape index (κ1) is 10.5. The molecule has 2 nitrogen and oxygen atoms in total. The molecule has 13 heavy (non-hydrogen) atoms. The predicted octanol–water partition coefficient (Wildman–Crippen LogP) is 2.04. The van der Waals surface area contributed by atoms with E-state index in [0.717, 1.165) is 0 Å². The zero-order valence-electron chi connectivity index (χ0n) is 8.78. The molecule has 1 amide bonds. The number of hydrogen-bond donors (Lipinski definition) is 1. The summed E-state index contributed by atoms with van der Waals surface area (Å²) >= 11 is 0. The van der Waals surface area contributed by atoms with Gasteiger partial charge in [-0.1, -0.05) is 20.8 Å². The highest BCUT2D eigenvalue weighted by molar-refractivity contribution is 5.88. The molecule has 0 saturated heterocycles. The number of halogens is 1. The number of hydrogen-bond acceptors (Lipinski definition) is 1. The largest absolute Gasteiger partial charge is 0.350 e. The Kier molecular flexibility index (Phi) is 2.39. The minimum Gasteiger partial charge on any atom is -0.350 e. The van der Waals surface area contributed by atoms with Crippen LogP contribution in [0.2, 0.25) is 0 Å². The van der Waals surface area contributed by atoms with Crippen LogP contribution in [-0.2, 0) is 4.79 Å². The second-order valence-corrected chi connectivity index (χ2v) is 5.03. The van der Waals surface area contributed by atoms with Gasteiger partial charge >= 0.3 is 0 Å². The van der Waals surface area contributed by atoms with E-state index in [4.69, 9.17) is 0 Å². The third-order valence-electron chi connectivity index (χ3n) is 2.74. The standard InChI is InChI=1S/C10H18FNO/c1-7(9(2,3)4)12-8(13)10(11)5-6-10/h7H,5-6H2,1-4H3,(H,12,13)/t7-/m0/s1. The molecule has 3 heteroatoms. The van der Waals surface area contributed by atoms with Gasteiger partial charge in [-0.15, -0.1) is 0 Å². The molecule has 1 rings (SSSR count). The SMILES string of the molecule is C[C@H](NC(=O)C1(F)CC1)C(C)(C)C. The summed E-state index contributed by atoms with van der Waals surface area (Å²) < 4.78 is 13.2. The quantitative estimate of drug-likeness (QED) is 0.704. The lowest BCUT2D eigenvalue weighted by Gasteiger charge is -2.28. The minimum absolute atomic E-state index is 0.00762. The van der Waals surface area contributed by atoms with E-state index in [9.17, 15) is 9.18 Å². The van der Waals surface area contributed by atoms with Crippen molar-refractivity contribution in [3.8, 4) is 0 Å². The van der Waals surface area contributed by atoms with Gasteiger partial charge < -0.3 is 5.32 Å². The maximum Gasteiger partial charge on any atom is 0.257 e. The van der Waals surface area contributed by atoms with Crippen molar-refractivity contribution >= 4 is 5.91 Å². The first-order chi connectivity index (χ1) is 5.76. The predicted molar refractivity (Wildman–Crippen MR) is 50.1 cm³/mol. The maximum absolute atomic E-state index is 13.2. The maximum atomic E-state index is 13.2. The van der Waals surface area contributed by atoms with Crippen molar-refractivity contribution < 1.29 is 9.18 Å². The van der Waals surface area contributed by atoms with Crippen molar-refractivity contribution in [1.82, 2.24) is 5.32 Å². The van der Waals surface area contributed by atoms with Crippen LogP contribution in [-0.4, -0.2) is 17.6 Å². The third kappa shape index (κ3) is 2.42. The molecule has 0 spiro atoms. The zero-order chi connectivity index (χ0) is 10.3. The number of carbonyl (C=O) groups is 1. The highest BCUT2D eigenvalue weighted by Gasteiger charge is 2.51. The van der Waals surface area contributed by atoms with Crippen LogP contribution >= 0.6 is 0 Å². The molecule has 1 aliphatic carbocycles. The van der Waals surface area contributed by atoms with Crippen LogP contribution in [0.15, 0.2) is 0 Å². The highest BCUT2D eigenvalue weighted by Crippen LogP contribution is 2.40. The molecule has 0 unspecified atom stereocenters. The Balaban J connectivity index is 2.45. The number of carbonyl (C=O) groups excluding carboxylic acids is 1. The van der Waals surface area contributed by atoms with E-state index in [1.165, 1.54) is 0 Å². The Bertz CT molecular complexity index is 215. The fraction of sp³-hybridized carbons (Fsp3) is 0.900. The fourth-order valence-corrected chi connectivity index (χ4v) is 0.879. The van der Waals surface area contributed by atoms with E-state index in [2.05, 4.69) is 5.32 Å². The van der Waals surface area contributed by atoms with Gasteiger partial charge in [0.15, 0.2) is 5.67 Å². The average molecular weight is 187 g/mol. The summed E-state index contributed by atoms with van der Waals surface area (Å²) in [7, 11) is 0. The molecule has 1 saturated carbocycles. The summed E-state index contributed by atoms with van der Waals surface area (Å²) in [5, 5.41) is 2.71. The van der Waals surface area contributed by atoms with Crippen molar-refractivity contribution in [2.24, 2.45) is 5.41 Å². The smallest absolute Gasteiger partial charge is 0.257 e. The number of amides is 1. The van der Waals surface area contributed by atoms with Crippen LogP contribution in [0, 0.1) is 5.41 Å². The molecule has 76 valence electrons. The lowest BCUT2D eigenvalue weighted by Crippen LogP contribution is -2.45. The number of nitrogens with one attached hydrogen (secondary N) is 1. The molecule has 0 aromatic heterocycles. The van der Waals surface area contributed by atoms with E-state index in [1.807, 2.05) is 27.7 Å². The lowest BCUT2D eigenvalue weighted by atomic mass is 9.88. The molecule has 1 aliphatic rings. The molecule has 0 radical (unpaired) electrons. The average Bonchev–Trinajstić information content (AvgIpc) is 2.67. The van der Waals surface area contributed by atoms with Crippen LogP contribution in [0.25, 0.3) is 0 Å². The molecule has 0 aliphatic heterocycles. The first-order valence-corrected chi connectivity index (χ1v) is 4.75. The van der Waals surface area contributed by atoms with Crippen LogP contribution in [0.4, 0.5) is 4.39 Å². The summed E-state index contributed by atoms with van der Waals surface area (Å²) in [5.74, 6) is -0.435. The van der Waals surface area contributed by atoms with Crippen LogP contribution < -0.4 is 5.32 Å². The van der Waals surface area contributed by atoms with Crippen LogP contribution in [0.3, 0.4) is 0 Å². The fourth-order valence-electron chi connectivity index (χ4n) is 0.879. The second-order valence-electron chi connectivity index (χ2n) is 5.03. The Morgan fingerprint density at radius 3 is 2.23 bits per heavy atom. The Morgan fingerprint density at radius 2 is 1.92 bits per heavy atom. The van der Waals surface area contributed by atoms with Gasteiger partial charge in [0.1, 0.15) is 0 Å². The molecular formula is C10H18FNO.